The van der Waals surface area contributed by atoms with E-state index >= 15 is 0 Å². The summed E-state index contributed by atoms with van der Waals surface area (Å²) in [6, 6.07) is 6.04. The van der Waals surface area contributed by atoms with E-state index in [1.807, 2.05) is 29.6 Å². The molecule has 0 N–H and O–H groups in total. The van der Waals surface area contributed by atoms with Crippen molar-refractivity contribution in [2.24, 2.45) is 5.92 Å². The average molecular weight is 189 g/mol. The van der Waals surface area contributed by atoms with E-state index in [0.29, 0.717) is 5.92 Å². The van der Waals surface area contributed by atoms with Crippen molar-refractivity contribution in [2.75, 3.05) is 0 Å². The smallest absolute Gasteiger partial charge is 0.155 e. The van der Waals surface area contributed by atoms with Gasteiger partial charge in [0.2, 0.25) is 0 Å². The summed E-state index contributed by atoms with van der Waals surface area (Å²) in [6.07, 6.45) is 0.946. The maximum atomic E-state index is 4.47. The molecule has 2 heterocycles. The fourth-order valence-electron chi connectivity index (χ4n) is 1.53. The third-order valence-corrected chi connectivity index (χ3v) is 2.18. The second-order valence-corrected chi connectivity index (χ2v) is 4.06. The van der Waals surface area contributed by atoms with Crippen LogP contribution in [0.5, 0.6) is 0 Å². The Balaban J connectivity index is 2.46. The van der Waals surface area contributed by atoms with E-state index in [-0.39, 0.29) is 0 Å². The van der Waals surface area contributed by atoms with Gasteiger partial charge in [-0.2, -0.15) is 5.10 Å². The number of aromatic nitrogens is 3. The van der Waals surface area contributed by atoms with Gasteiger partial charge in [0.1, 0.15) is 0 Å². The Hall–Kier alpha value is -1.38. The largest absolute Gasteiger partial charge is 0.218 e. The summed E-state index contributed by atoms with van der Waals surface area (Å²) in [7, 11) is 0. The predicted molar refractivity (Wildman–Crippen MR) is 56.3 cm³/mol. The van der Waals surface area contributed by atoms with Crippen molar-refractivity contribution in [1.29, 1.82) is 0 Å². The Morgan fingerprint density at radius 1 is 1.36 bits per heavy atom. The van der Waals surface area contributed by atoms with Crippen LogP contribution in [0.25, 0.3) is 5.65 Å². The van der Waals surface area contributed by atoms with Crippen molar-refractivity contribution in [3.63, 3.8) is 0 Å². The van der Waals surface area contributed by atoms with Crippen LogP contribution < -0.4 is 0 Å². The molecule has 3 nitrogen and oxygen atoms in total. The fourth-order valence-corrected chi connectivity index (χ4v) is 1.53. The maximum absolute atomic E-state index is 4.47. The molecule has 0 fully saturated rings. The van der Waals surface area contributed by atoms with Crippen molar-refractivity contribution in [1.82, 2.24) is 14.6 Å². The Morgan fingerprint density at radius 3 is 2.79 bits per heavy atom. The molecule has 0 aliphatic carbocycles. The van der Waals surface area contributed by atoms with Crippen LogP contribution in [0.4, 0.5) is 0 Å². The van der Waals surface area contributed by atoms with Crippen LogP contribution >= 0.6 is 0 Å². The van der Waals surface area contributed by atoms with E-state index < -0.39 is 0 Å². The first-order valence-electron chi connectivity index (χ1n) is 4.98. The highest BCUT2D eigenvalue weighted by Crippen LogP contribution is 2.08. The molecule has 0 aromatic carbocycles. The molecule has 0 amide bonds. The monoisotopic (exact) mass is 189 g/mol. The molecule has 0 atom stereocenters. The van der Waals surface area contributed by atoms with Gasteiger partial charge >= 0.3 is 0 Å². The summed E-state index contributed by atoms with van der Waals surface area (Å²) in [4.78, 5) is 4.47. The number of fused-ring (bicyclic) bond motifs is 1. The summed E-state index contributed by atoms with van der Waals surface area (Å²) in [5.74, 6) is 1.54. The molecule has 2 aromatic rings. The lowest BCUT2D eigenvalue weighted by Crippen LogP contribution is -1.97. The number of hydrogen-bond donors (Lipinski definition) is 0. The Bertz CT molecular complexity index is 443. The minimum atomic E-state index is 0.604. The number of nitrogens with zero attached hydrogens (tertiary/aromatic N) is 3. The summed E-state index contributed by atoms with van der Waals surface area (Å²) < 4.78 is 1.90. The van der Waals surface area contributed by atoms with Gasteiger partial charge in [-0.05, 0) is 25.0 Å². The van der Waals surface area contributed by atoms with Crippen LogP contribution in [0.15, 0.2) is 18.2 Å². The zero-order valence-electron chi connectivity index (χ0n) is 8.86. The molecular formula is C11H15N3. The van der Waals surface area contributed by atoms with E-state index in [9.17, 15) is 0 Å². The van der Waals surface area contributed by atoms with E-state index in [1.165, 1.54) is 0 Å². The van der Waals surface area contributed by atoms with Crippen LogP contribution in [0.3, 0.4) is 0 Å². The lowest BCUT2D eigenvalue weighted by atomic mass is 10.1. The van der Waals surface area contributed by atoms with E-state index in [0.717, 1.165) is 23.6 Å². The highest BCUT2D eigenvalue weighted by molar-refractivity contribution is 5.38. The van der Waals surface area contributed by atoms with E-state index in [4.69, 9.17) is 0 Å². The van der Waals surface area contributed by atoms with Gasteiger partial charge in [-0.1, -0.05) is 19.9 Å². The van der Waals surface area contributed by atoms with Crippen molar-refractivity contribution < 1.29 is 0 Å². The molecule has 14 heavy (non-hydrogen) atoms. The standard InChI is InChI=1S/C11H15N3/c1-8(2)7-10-12-11-6-4-5-9(3)14(11)13-10/h4-6,8H,7H2,1-3H3. The first-order valence-corrected chi connectivity index (χ1v) is 4.98. The molecule has 0 unspecified atom stereocenters. The molecule has 0 radical (unpaired) electrons. The third-order valence-electron chi connectivity index (χ3n) is 2.18. The van der Waals surface area contributed by atoms with Gasteiger partial charge in [0, 0.05) is 12.1 Å². The SMILES string of the molecule is Cc1cccc2nc(CC(C)C)nn12. The van der Waals surface area contributed by atoms with E-state index in [2.05, 4.69) is 23.9 Å². The lowest BCUT2D eigenvalue weighted by Gasteiger charge is -1.97. The van der Waals surface area contributed by atoms with Gasteiger partial charge in [-0.25, -0.2) is 9.50 Å². The van der Waals surface area contributed by atoms with Gasteiger partial charge in [0.05, 0.1) is 0 Å². The van der Waals surface area contributed by atoms with Gasteiger partial charge in [0.25, 0.3) is 0 Å². The number of rotatable bonds is 2. The van der Waals surface area contributed by atoms with Crippen molar-refractivity contribution in [2.45, 2.75) is 27.2 Å². The van der Waals surface area contributed by atoms with Gasteiger partial charge in [-0.15, -0.1) is 0 Å². The molecule has 3 heteroatoms. The quantitative estimate of drug-likeness (QED) is 0.725. The predicted octanol–water partition coefficient (Wildman–Crippen LogP) is 2.24. The number of pyridine rings is 1. The van der Waals surface area contributed by atoms with E-state index in [1.54, 1.807) is 0 Å². The Labute approximate surface area is 83.8 Å². The Kier molecular flexibility index (Phi) is 2.23. The van der Waals surface area contributed by atoms with Crippen molar-refractivity contribution >= 4 is 5.65 Å². The van der Waals surface area contributed by atoms with Crippen molar-refractivity contribution in [3.05, 3.63) is 29.7 Å². The minimum absolute atomic E-state index is 0.604. The zero-order chi connectivity index (χ0) is 10.1. The number of hydrogen-bond acceptors (Lipinski definition) is 2. The summed E-state index contributed by atoms with van der Waals surface area (Å²) in [6.45, 7) is 6.40. The average Bonchev–Trinajstić information content (AvgIpc) is 2.47. The first kappa shape index (κ1) is 9.19. The molecule has 2 rings (SSSR count). The minimum Gasteiger partial charge on any atom is -0.218 e. The molecular weight excluding hydrogens is 174 g/mol. The van der Waals surface area contributed by atoms with Crippen molar-refractivity contribution in [3.8, 4) is 0 Å². The van der Waals surface area contributed by atoms with Gasteiger partial charge in [-0.3, -0.25) is 0 Å². The zero-order valence-corrected chi connectivity index (χ0v) is 8.86. The Morgan fingerprint density at radius 2 is 2.14 bits per heavy atom. The maximum Gasteiger partial charge on any atom is 0.155 e. The molecule has 2 aromatic heterocycles. The first-order chi connectivity index (χ1) is 6.66. The normalized spacial score (nSPS) is 11.4. The summed E-state index contributed by atoms with van der Waals surface area (Å²) in [5.41, 5.74) is 2.07. The lowest BCUT2D eigenvalue weighted by molar-refractivity contribution is 0.619. The molecule has 0 spiro atoms. The van der Waals surface area contributed by atoms with Crippen LogP contribution in [0.1, 0.15) is 25.4 Å². The van der Waals surface area contributed by atoms with Gasteiger partial charge in [0.15, 0.2) is 11.5 Å². The number of aryl methyl sites for hydroxylation is 1. The highest BCUT2D eigenvalue weighted by atomic mass is 15.3. The van der Waals surface area contributed by atoms with Crippen LogP contribution in [0.2, 0.25) is 0 Å². The second-order valence-electron chi connectivity index (χ2n) is 4.06. The highest BCUT2D eigenvalue weighted by Gasteiger charge is 2.06. The van der Waals surface area contributed by atoms with Crippen LogP contribution in [0, 0.1) is 12.8 Å². The summed E-state index contributed by atoms with van der Waals surface area (Å²) in [5, 5.41) is 4.46. The molecule has 0 aliphatic heterocycles. The van der Waals surface area contributed by atoms with Crippen LogP contribution in [-0.4, -0.2) is 14.6 Å². The van der Waals surface area contributed by atoms with Gasteiger partial charge < -0.3 is 0 Å². The molecule has 0 bridgehead atoms. The summed E-state index contributed by atoms with van der Waals surface area (Å²) >= 11 is 0. The molecule has 74 valence electrons. The molecule has 0 saturated carbocycles. The topological polar surface area (TPSA) is 30.2 Å². The second kappa shape index (κ2) is 3.40. The molecule has 0 saturated heterocycles. The molecule has 0 aliphatic rings. The van der Waals surface area contributed by atoms with Crippen LogP contribution in [-0.2, 0) is 6.42 Å². The fraction of sp³-hybridized carbons (Fsp3) is 0.455. The third kappa shape index (κ3) is 1.62.